The fraction of sp³-hybridized carbons (Fsp3) is 0.857. The summed E-state index contributed by atoms with van der Waals surface area (Å²) in [5.74, 6) is 0.500. The zero-order chi connectivity index (χ0) is 13.1. The van der Waals surface area contributed by atoms with Crippen LogP contribution in [0, 0.1) is 11.8 Å². The van der Waals surface area contributed by atoms with Gasteiger partial charge in [-0.05, 0) is 38.0 Å². The van der Waals surface area contributed by atoms with Crippen LogP contribution in [0.2, 0.25) is 0 Å². The SMILES string of the molecule is CC(C)[C@@H](NC(=O)C1CC1)C(=O)N1CCCCC1. The van der Waals surface area contributed by atoms with Gasteiger partial charge in [0.15, 0.2) is 0 Å². The summed E-state index contributed by atoms with van der Waals surface area (Å²) >= 11 is 0. The van der Waals surface area contributed by atoms with Crippen LogP contribution in [-0.4, -0.2) is 35.8 Å². The fourth-order valence-electron chi connectivity index (χ4n) is 2.44. The molecule has 1 heterocycles. The summed E-state index contributed by atoms with van der Waals surface area (Å²) in [4.78, 5) is 26.2. The number of nitrogens with one attached hydrogen (secondary N) is 1. The summed E-state index contributed by atoms with van der Waals surface area (Å²) < 4.78 is 0. The van der Waals surface area contributed by atoms with Crippen LogP contribution in [0.25, 0.3) is 0 Å². The molecular formula is C14H24N2O2. The van der Waals surface area contributed by atoms with Crippen molar-refractivity contribution in [3.63, 3.8) is 0 Å². The van der Waals surface area contributed by atoms with Crippen molar-refractivity contribution < 1.29 is 9.59 Å². The number of hydrogen-bond donors (Lipinski definition) is 1. The minimum Gasteiger partial charge on any atom is -0.344 e. The molecule has 1 N–H and O–H groups in total. The van der Waals surface area contributed by atoms with E-state index in [9.17, 15) is 9.59 Å². The minimum atomic E-state index is -0.337. The van der Waals surface area contributed by atoms with Gasteiger partial charge in [0.05, 0.1) is 0 Å². The Morgan fingerprint density at radius 3 is 2.22 bits per heavy atom. The molecule has 1 saturated heterocycles. The molecule has 1 saturated carbocycles. The quantitative estimate of drug-likeness (QED) is 0.825. The van der Waals surface area contributed by atoms with E-state index in [0.29, 0.717) is 0 Å². The zero-order valence-electron chi connectivity index (χ0n) is 11.4. The lowest BCUT2D eigenvalue weighted by molar-refractivity contribution is -0.138. The van der Waals surface area contributed by atoms with Crippen molar-refractivity contribution in [2.24, 2.45) is 11.8 Å². The summed E-state index contributed by atoms with van der Waals surface area (Å²) in [5.41, 5.74) is 0. The van der Waals surface area contributed by atoms with E-state index in [2.05, 4.69) is 5.32 Å². The average molecular weight is 252 g/mol. The van der Waals surface area contributed by atoms with Crippen LogP contribution < -0.4 is 5.32 Å². The van der Waals surface area contributed by atoms with Crippen molar-refractivity contribution in [3.8, 4) is 0 Å². The van der Waals surface area contributed by atoms with E-state index in [1.54, 1.807) is 0 Å². The fourth-order valence-corrected chi connectivity index (χ4v) is 2.44. The van der Waals surface area contributed by atoms with Crippen molar-refractivity contribution in [2.75, 3.05) is 13.1 Å². The van der Waals surface area contributed by atoms with Crippen molar-refractivity contribution in [1.29, 1.82) is 0 Å². The van der Waals surface area contributed by atoms with Crippen LogP contribution in [0.3, 0.4) is 0 Å². The van der Waals surface area contributed by atoms with Crippen LogP contribution in [0.1, 0.15) is 46.0 Å². The molecule has 18 heavy (non-hydrogen) atoms. The molecule has 1 aliphatic carbocycles. The maximum absolute atomic E-state index is 12.4. The highest BCUT2D eigenvalue weighted by molar-refractivity contribution is 5.89. The first-order chi connectivity index (χ1) is 8.59. The van der Waals surface area contributed by atoms with Gasteiger partial charge >= 0.3 is 0 Å². The lowest BCUT2D eigenvalue weighted by Gasteiger charge is -2.32. The van der Waals surface area contributed by atoms with Crippen molar-refractivity contribution in [1.82, 2.24) is 10.2 Å². The number of hydrogen-bond acceptors (Lipinski definition) is 2. The maximum Gasteiger partial charge on any atom is 0.245 e. The molecule has 4 heteroatoms. The molecule has 0 bridgehead atoms. The van der Waals surface area contributed by atoms with Crippen LogP contribution in [0.4, 0.5) is 0 Å². The molecule has 0 aromatic carbocycles. The molecular weight excluding hydrogens is 228 g/mol. The Bertz CT molecular complexity index is 318. The molecule has 0 spiro atoms. The van der Waals surface area contributed by atoms with Gasteiger partial charge in [-0.2, -0.15) is 0 Å². The smallest absolute Gasteiger partial charge is 0.245 e. The zero-order valence-corrected chi connectivity index (χ0v) is 11.4. The Balaban J connectivity index is 1.94. The number of amides is 2. The summed E-state index contributed by atoms with van der Waals surface area (Å²) in [6.07, 6.45) is 5.36. The topological polar surface area (TPSA) is 49.4 Å². The number of nitrogens with zero attached hydrogens (tertiary/aromatic N) is 1. The van der Waals surface area contributed by atoms with E-state index in [0.717, 1.165) is 38.8 Å². The van der Waals surface area contributed by atoms with E-state index < -0.39 is 0 Å². The highest BCUT2D eigenvalue weighted by Gasteiger charge is 2.35. The van der Waals surface area contributed by atoms with E-state index in [-0.39, 0.29) is 29.7 Å². The summed E-state index contributed by atoms with van der Waals surface area (Å²) in [7, 11) is 0. The first kappa shape index (κ1) is 13.4. The van der Waals surface area contributed by atoms with Crippen LogP contribution in [0.5, 0.6) is 0 Å². The van der Waals surface area contributed by atoms with Crippen molar-refractivity contribution >= 4 is 11.8 Å². The molecule has 2 aliphatic rings. The second-order valence-electron chi connectivity index (χ2n) is 5.89. The lowest BCUT2D eigenvalue weighted by atomic mass is 10.0. The van der Waals surface area contributed by atoms with Gasteiger partial charge in [0.25, 0.3) is 0 Å². The van der Waals surface area contributed by atoms with E-state index in [4.69, 9.17) is 0 Å². The normalized spacial score (nSPS) is 21.8. The highest BCUT2D eigenvalue weighted by atomic mass is 16.2. The molecule has 2 rings (SSSR count). The second-order valence-corrected chi connectivity index (χ2v) is 5.89. The molecule has 0 aromatic rings. The van der Waals surface area contributed by atoms with Gasteiger partial charge in [-0.1, -0.05) is 13.8 Å². The average Bonchev–Trinajstić information content (AvgIpc) is 3.20. The van der Waals surface area contributed by atoms with Gasteiger partial charge in [-0.15, -0.1) is 0 Å². The van der Waals surface area contributed by atoms with Gasteiger partial charge in [0, 0.05) is 19.0 Å². The van der Waals surface area contributed by atoms with Crippen LogP contribution in [-0.2, 0) is 9.59 Å². The second kappa shape index (κ2) is 5.72. The Labute approximate surface area is 109 Å². The van der Waals surface area contributed by atoms with E-state index >= 15 is 0 Å². The third-order valence-corrected chi connectivity index (χ3v) is 3.85. The van der Waals surface area contributed by atoms with Crippen molar-refractivity contribution in [3.05, 3.63) is 0 Å². The lowest BCUT2D eigenvalue weighted by Crippen LogP contribution is -2.52. The predicted molar refractivity (Wildman–Crippen MR) is 69.9 cm³/mol. The van der Waals surface area contributed by atoms with Gasteiger partial charge in [-0.25, -0.2) is 0 Å². The minimum absolute atomic E-state index is 0.0686. The van der Waals surface area contributed by atoms with Gasteiger partial charge in [0.1, 0.15) is 6.04 Å². The predicted octanol–water partition coefficient (Wildman–Crippen LogP) is 1.55. The maximum atomic E-state index is 12.4. The third-order valence-electron chi connectivity index (χ3n) is 3.85. The summed E-state index contributed by atoms with van der Waals surface area (Å²) in [6, 6.07) is -0.337. The standard InChI is InChI=1S/C14H24N2O2/c1-10(2)12(15-13(17)11-6-7-11)14(18)16-8-4-3-5-9-16/h10-12H,3-9H2,1-2H3,(H,15,17)/t12-/m1/s1. The van der Waals surface area contributed by atoms with Crippen LogP contribution >= 0.6 is 0 Å². The van der Waals surface area contributed by atoms with Gasteiger partial charge in [0.2, 0.25) is 11.8 Å². The number of piperidine rings is 1. The Hall–Kier alpha value is -1.06. The first-order valence-electron chi connectivity index (χ1n) is 7.18. The van der Waals surface area contributed by atoms with Gasteiger partial charge < -0.3 is 10.2 Å². The molecule has 1 atom stereocenters. The Morgan fingerprint density at radius 2 is 1.72 bits per heavy atom. The number of carbonyl (C=O) groups excluding carboxylic acids is 2. The monoisotopic (exact) mass is 252 g/mol. The molecule has 0 aromatic heterocycles. The molecule has 2 amide bonds. The molecule has 0 radical (unpaired) electrons. The largest absolute Gasteiger partial charge is 0.344 e. The Morgan fingerprint density at radius 1 is 1.11 bits per heavy atom. The number of rotatable bonds is 4. The molecule has 4 nitrogen and oxygen atoms in total. The molecule has 1 aliphatic heterocycles. The summed E-state index contributed by atoms with van der Waals surface area (Å²) in [6.45, 7) is 5.70. The van der Waals surface area contributed by atoms with E-state index in [1.807, 2.05) is 18.7 Å². The first-order valence-corrected chi connectivity index (χ1v) is 7.18. The Kier molecular flexibility index (Phi) is 4.25. The van der Waals surface area contributed by atoms with Crippen molar-refractivity contribution in [2.45, 2.75) is 52.0 Å². The highest BCUT2D eigenvalue weighted by Crippen LogP contribution is 2.29. The van der Waals surface area contributed by atoms with Gasteiger partial charge in [-0.3, -0.25) is 9.59 Å². The number of carbonyl (C=O) groups is 2. The molecule has 102 valence electrons. The van der Waals surface area contributed by atoms with E-state index in [1.165, 1.54) is 6.42 Å². The summed E-state index contributed by atoms with van der Waals surface area (Å²) in [5, 5.41) is 2.95. The van der Waals surface area contributed by atoms with Crippen LogP contribution in [0.15, 0.2) is 0 Å². The third kappa shape index (κ3) is 3.24. The number of likely N-dealkylation sites (tertiary alicyclic amines) is 1. The molecule has 2 fully saturated rings. The molecule has 0 unspecified atom stereocenters.